The molecular weight excluding hydrogens is 184 g/mol. The monoisotopic (exact) mass is 213 g/mol. The molecule has 0 unspecified atom stereocenters. The van der Waals surface area contributed by atoms with Crippen molar-refractivity contribution in [3.05, 3.63) is 6.55 Å². The van der Waals surface area contributed by atoms with Gasteiger partial charge >= 0.3 is 0 Å². The summed E-state index contributed by atoms with van der Waals surface area (Å²) in [5, 5.41) is 0. The van der Waals surface area contributed by atoms with Gasteiger partial charge in [0.1, 0.15) is 0 Å². The molecule has 0 aromatic heterocycles. The number of hydrogen-bond donors (Lipinski definition) is 0. The second-order valence-electron chi connectivity index (χ2n) is 5.39. The summed E-state index contributed by atoms with van der Waals surface area (Å²) in [6, 6.07) is 1.42. The fraction of sp³-hybridized carbons (Fsp3) is 0.923. The first kappa shape index (κ1) is 14.2. The highest BCUT2D eigenvalue weighted by atomic mass is 28.3. The van der Waals surface area contributed by atoms with E-state index in [0.717, 1.165) is 0 Å². The van der Waals surface area contributed by atoms with E-state index < -0.39 is 8.07 Å². The molecule has 0 bridgehead atoms. The molecule has 0 nitrogen and oxygen atoms in total. The van der Waals surface area contributed by atoms with Crippen LogP contribution in [0.3, 0.4) is 0 Å². The molecule has 0 fully saturated rings. The molecule has 0 rings (SSSR count). The van der Waals surface area contributed by atoms with E-state index in [1.807, 2.05) is 0 Å². The first-order valence-electron chi connectivity index (χ1n) is 6.41. The molecule has 0 aromatic carbocycles. The van der Waals surface area contributed by atoms with E-state index in [9.17, 15) is 0 Å². The summed E-state index contributed by atoms with van der Waals surface area (Å²) in [5.74, 6) is 0. The topological polar surface area (TPSA) is 0 Å². The summed E-state index contributed by atoms with van der Waals surface area (Å²) in [5.41, 5.74) is 0. The molecule has 1 radical (unpaired) electrons. The van der Waals surface area contributed by atoms with E-state index in [1.165, 1.54) is 57.4 Å². The summed E-state index contributed by atoms with van der Waals surface area (Å²) in [4.78, 5) is 0. The van der Waals surface area contributed by atoms with E-state index >= 15 is 0 Å². The van der Waals surface area contributed by atoms with Gasteiger partial charge in [0.05, 0.1) is 0 Å². The molecule has 0 saturated heterocycles. The highest BCUT2D eigenvalue weighted by Crippen LogP contribution is 2.15. The molecule has 14 heavy (non-hydrogen) atoms. The SMILES string of the molecule is [CH2][Si](C)(C)CCCCCCCCCC. The zero-order valence-electron chi connectivity index (χ0n) is 10.6. The fourth-order valence-electron chi connectivity index (χ4n) is 1.74. The molecular formula is C13H29Si. The van der Waals surface area contributed by atoms with E-state index in [1.54, 1.807) is 0 Å². The summed E-state index contributed by atoms with van der Waals surface area (Å²) < 4.78 is 0. The summed E-state index contributed by atoms with van der Waals surface area (Å²) >= 11 is 0. The summed E-state index contributed by atoms with van der Waals surface area (Å²) in [6.45, 7) is 11.3. The van der Waals surface area contributed by atoms with Gasteiger partial charge in [-0.15, -0.1) is 0 Å². The van der Waals surface area contributed by atoms with Crippen LogP contribution in [0.1, 0.15) is 58.3 Å². The molecule has 0 N–H and O–H groups in total. The molecule has 0 spiro atoms. The van der Waals surface area contributed by atoms with Gasteiger partial charge in [0, 0.05) is 8.07 Å². The number of hydrogen-bond acceptors (Lipinski definition) is 0. The van der Waals surface area contributed by atoms with Crippen molar-refractivity contribution in [3.8, 4) is 0 Å². The quantitative estimate of drug-likeness (QED) is 0.364. The Bertz CT molecular complexity index is 113. The second kappa shape index (κ2) is 8.52. The Kier molecular flexibility index (Phi) is 8.65. The third kappa shape index (κ3) is 12.2. The lowest BCUT2D eigenvalue weighted by Gasteiger charge is -2.14. The van der Waals surface area contributed by atoms with E-state index in [4.69, 9.17) is 0 Å². The van der Waals surface area contributed by atoms with Crippen LogP contribution >= 0.6 is 0 Å². The highest BCUT2D eigenvalue weighted by molar-refractivity contribution is 6.79. The van der Waals surface area contributed by atoms with Crippen molar-refractivity contribution in [2.24, 2.45) is 0 Å². The molecule has 85 valence electrons. The smallest absolute Gasteiger partial charge is 0.0470 e. The van der Waals surface area contributed by atoms with E-state index in [0.29, 0.717) is 0 Å². The lowest BCUT2D eigenvalue weighted by Crippen LogP contribution is -2.19. The second-order valence-corrected chi connectivity index (χ2v) is 10.2. The standard InChI is InChI=1S/C13H29Si/c1-5-6-7-8-9-10-11-12-13-14(2,3)4/h2,5-13H2,1,3-4H3. The highest BCUT2D eigenvalue weighted by Gasteiger charge is 2.11. The van der Waals surface area contributed by atoms with Gasteiger partial charge in [-0.25, -0.2) is 0 Å². The third-order valence-electron chi connectivity index (χ3n) is 2.71. The van der Waals surface area contributed by atoms with Gasteiger partial charge < -0.3 is 0 Å². The molecule has 0 aliphatic heterocycles. The average Bonchev–Trinajstić information content (AvgIpc) is 2.08. The first-order chi connectivity index (χ1) is 6.56. The Hall–Kier alpha value is 0.217. The Morgan fingerprint density at radius 3 is 1.64 bits per heavy atom. The van der Waals surface area contributed by atoms with Crippen molar-refractivity contribution >= 4 is 8.07 Å². The molecule has 0 saturated carbocycles. The van der Waals surface area contributed by atoms with Crippen LogP contribution in [0.15, 0.2) is 0 Å². The number of rotatable bonds is 9. The van der Waals surface area contributed by atoms with Gasteiger partial charge in [-0.2, -0.15) is 0 Å². The number of unbranched alkanes of at least 4 members (excludes halogenated alkanes) is 7. The third-order valence-corrected chi connectivity index (χ3v) is 4.41. The molecule has 0 aliphatic carbocycles. The van der Waals surface area contributed by atoms with E-state index in [-0.39, 0.29) is 0 Å². The summed E-state index contributed by atoms with van der Waals surface area (Å²) in [6.07, 6.45) is 11.5. The maximum absolute atomic E-state index is 4.27. The molecule has 0 heterocycles. The Morgan fingerprint density at radius 2 is 1.21 bits per heavy atom. The lowest BCUT2D eigenvalue weighted by atomic mass is 10.1. The Morgan fingerprint density at radius 1 is 0.786 bits per heavy atom. The van der Waals surface area contributed by atoms with Gasteiger partial charge in [-0.3, -0.25) is 0 Å². The van der Waals surface area contributed by atoms with Crippen molar-refractivity contribution in [3.63, 3.8) is 0 Å². The first-order valence-corrected chi connectivity index (χ1v) is 9.83. The molecule has 1 heteroatoms. The van der Waals surface area contributed by atoms with Crippen LogP contribution in [-0.2, 0) is 0 Å². The van der Waals surface area contributed by atoms with Gasteiger partial charge in [0.25, 0.3) is 0 Å². The largest absolute Gasteiger partial charge is 0.0694 e. The van der Waals surface area contributed by atoms with Crippen LogP contribution in [0.2, 0.25) is 19.1 Å². The predicted octanol–water partition coefficient (Wildman–Crippen LogP) is 5.21. The van der Waals surface area contributed by atoms with Crippen LogP contribution in [0.25, 0.3) is 0 Å². The van der Waals surface area contributed by atoms with Crippen LogP contribution in [0.4, 0.5) is 0 Å². The normalized spacial score (nSPS) is 12.0. The molecule has 0 aromatic rings. The maximum atomic E-state index is 4.27. The Labute approximate surface area is 92.5 Å². The van der Waals surface area contributed by atoms with Gasteiger partial charge in [-0.05, 0) is 0 Å². The van der Waals surface area contributed by atoms with Crippen LogP contribution in [0, 0.1) is 6.55 Å². The predicted molar refractivity (Wildman–Crippen MR) is 70.3 cm³/mol. The van der Waals surface area contributed by atoms with Crippen LogP contribution in [-0.4, -0.2) is 8.07 Å². The van der Waals surface area contributed by atoms with Gasteiger partial charge in [-0.1, -0.05) is 84.0 Å². The minimum absolute atomic E-state index is 0.988. The molecule has 0 aliphatic rings. The van der Waals surface area contributed by atoms with Crippen molar-refractivity contribution in [2.75, 3.05) is 0 Å². The van der Waals surface area contributed by atoms with E-state index in [2.05, 4.69) is 26.6 Å². The van der Waals surface area contributed by atoms with Gasteiger partial charge in [0.15, 0.2) is 0 Å². The zero-order valence-corrected chi connectivity index (χ0v) is 11.6. The minimum atomic E-state index is -0.988. The molecule has 0 atom stereocenters. The van der Waals surface area contributed by atoms with Crippen LogP contribution < -0.4 is 0 Å². The van der Waals surface area contributed by atoms with Crippen LogP contribution in [0.5, 0.6) is 0 Å². The van der Waals surface area contributed by atoms with Gasteiger partial charge in [0.2, 0.25) is 0 Å². The van der Waals surface area contributed by atoms with Crippen molar-refractivity contribution in [1.29, 1.82) is 0 Å². The zero-order chi connectivity index (χ0) is 10.9. The Balaban J connectivity index is 2.99. The maximum Gasteiger partial charge on any atom is 0.0470 e. The lowest BCUT2D eigenvalue weighted by molar-refractivity contribution is 0.584. The van der Waals surface area contributed by atoms with Crippen molar-refractivity contribution < 1.29 is 0 Å². The van der Waals surface area contributed by atoms with Crippen molar-refractivity contribution in [1.82, 2.24) is 0 Å². The fourth-order valence-corrected chi connectivity index (χ4v) is 2.94. The average molecular weight is 213 g/mol. The van der Waals surface area contributed by atoms with Crippen molar-refractivity contribution in [2.45, 2.75) is 77.4 Å². The minimum Gasteiger partial charge on any atom is -0.0694 e. The molecule has 0 amide bonds. The summed E-state index contributed by atoms with van der Waals surface area (Å²) in [7, 11) is -0.988.